The zero-order chi connectivity index (χ0) is 11.2. The molecule has 1 aromatic rings. The minimum absolute atomic E-state index is 0.0326. The molecule has 0 saturated carbocycles. The van der Waals surface area contributed by atoms with Crippen molar-refractivity contribution in [3.05, 3.63) is 34.9 Å². The lowest BCUT2D eigenvalue weighted by Gasteiger charge is -2.08. The van der Waals surface area contributed by atoms with Crippen LogP contribution in [0, 0.1) is 0 Å². The van der Waals surface area contributed by atoms with E-state index < -0.39 is 23.9 Å². The number of rotatable bonds is 0. The Labute approximate surface area is 82.5 Å². The lowest BCUT2D eigenvalue weighted by molar-refractivity contribution is -0.137. The molecule has 0 spiro atoms. The number of aliphatic hydroxyl groups excluding tert-OH is 1. The van der Waals surface area contributed by atoms with Crippen molar-refractivity contribution in [3.8, 4) is 0 Å². The zero-order valence-electron chi connectivity index (χ0n) is 7.30. The second kappa shape index (κ2) is 2.96. The maximum Gasteiger partial charge on any atom is 0.416 e. The lowest BCUT2D eigenvalue weighted by atomic mass is 10.1. The second-order valence-corrected chi connectivity index (χ2v) is 3.18. The number of halogens is 3. The van der Waals surface area contributed by atoms with Crippen LogP contribution < -0.4 is 5.32 Å². The molecule has 1 aromatic carbocycles. The molecule has 2 rings (SSSR count). The SMILES string of the molecule is O=C1NC(O)c2cc(C(F)(F)F)ccc21. The van der Waals surface area contributed by atoms with Crippen LogP contribution in [0.4, 0.5) is 13.2 Å². The van der Waals surface area contributed by atoms with Crippen molar-refractivity contribution < 1.29 is 23.1 Å². The van der Waals surface area contributed by atoms with Crippen LogP contribution in [-0.2, 0) is 6.18 Å². The number of benzene rings is 1. The summed E-state index contributed by atoms with van der Waals surface area (Å²) in [6.07, 6.45) is -5.82. The van der Waals surface area contributed by atoms with Crippen molar-refractivity contribution in [1.82, 2.24) is 5.32 Å². The minimum atomic E-state index is -4.47. The van der Waals surface area contributed by atoms with Gasteiger partial charge in [0.25, 0.3) is 5.91 Å². The van der Waals surface area contributed by atoms with Crippen molar-refractivity contribution in [1.29, 1.82) is 0 Å². The van der Waals surface area contributed by atoms with Gasteiger partial charge in [-0.2, -0.15) is 13.2 Å². The standard InChI is InChI=1S/C9H6F3NO2/c10-9(11,12)4-1-2-5-6(3-4)8(15)13-7(5)14/h1-3,8,15H,(H,13,14). The van der Waals surface area contributed by atoms with E-state index in [9.17, 15) is 23.1 Å². The van der Waals surface area contributed by atoms with Crippen molar-refractivity contribution in [2.75, 3.05) is 0 Å². The van der Waals surface area contributed by atoms with Gasteiger partial charge in [0.05, 0.1) is 5.56 Å². The number of carbonyl (C=O) groups is 1. The average Bonchev–Trinajstić information content (AvgIpc) is 2.41. The van der Waals surface area contributed by atoms with Gasteiger partial charge in [-0.05, 0) is 18.2 Å². The van der Waals surface area contributed by atoms with Crippen LogP contribution in [0.2, 0.25) is 0 Å². The monoisotopic (exact) mass is 217 g/mol. The molecule has 1 aliphatic rings. The van der Waals surface area contributed by atoms with E-state index in [0.717, 1.165) is 18.2 Å². The van der Waals surface area contributed by atoms with Crippen molar-refractivity contribution in [3.63, 3.8) is 0 Å². The number of alkyl halides is 3. The van der Waals surface area contributed by atoms with Crippen LogP contribution in [0.25, 0.3) is 0 Å². The first-order chi connectivity index (χ1) is 6.89. The topological polar surface area (TPSA) is 49.3 Å². The Morgan fingerprint density at radius 1 is 1.33 bits per heavy atom. The van der Waals surface area contributed by atoms with Gasteiger partial charge in [-0.1, -0.05) is 0 Å². The zero-order valence-corrected chi connectivity index (χ0v) is 7.30. The first kappa shape index (κ1) is 9.97. The summed E-state index contributed by atoms with van der Waals surface area (Å²) in [7, 11) is 0. The average molecular weight is 217 g/mol. The van der Waals surface area contributed by atoms with Gasteiger partial charge in [0.15, 0.2) is 6.23 Å². The molecule has 6 heteroatoms. The van der Waals surface area contributed by atoms with Crippen molar-refractivity contribution >= 4 is 5.91 Å². The van der Waals surface area contributed by atoms with E-state index in [-0.39, 0.29) is 11.1 Å². The molecule has 1 atom stereocenters. The third-order valence-electron chi connectivity index (χ3n) is 2.19. The summed E-state index contributed by atoms with van der Waals surface area (Å²) in [6, 6.07) is 2.65. The maximum absolute atomic E-state index is 12.3. The van der Waals surface area contributed by atoms with E-state index in [1.807, 2.05) is 0 Å². The summed E-state index contributed by atoms with van der Waals surface area (Å²) >= 11 is 0. The Morgan fingerprint density at radius 3 is 2.60 bits per heavy atom. The molecular formula is C9H6F3NO2. The number of fused-ring (bicyclic) bond motifs is 1. The van der Waals surface area contributed by atoms with Crippen LogP contribution >= 0.6 is 0 Å². The Bertz CT molecular complexity index is 428. The quantitative estimate of drug-likeness (QED) is 0.690. The fourth-order valence-electron chi connectivity index (χ4n) is 1.45. The number of hydrogen-bond acceptors (Lipinski definition) is 2. The highest BCUT2D eigenvalue weighted by Gasteiger charge is 2.34. The molecule has 2 N–H and O–H groups in total. The van der Waals surface area contributed by atoms with Crippen LogP contribution in [0.15, 0.2) is 18.2 Å². The molecule has 1 amide bonds. The molecule has 15 heavy (non-hydrogen) atoms. The second-order valence-electron chi connectivity index (χ2n) is 3.18. The fraction of sp³-hybridized carbons (Fsp3) is 0.222. The first-order valence-corrected chi connectivity index (χ1v) is 4.09. The van der Waals surface area contributed by atoms with E-state index in [2.05, 4.69) is 5.32 Å². The molecule has 80 valence electrons. The van der Waals surface area contributed by atoms with E-state index in [0.29, 0.717) is 0 Å². The third kappa shape index (κ3) is 1.56. The number of aliphatic hydroxyl groups is 1. The molecule has 0 radical (unpaired) electrons. The summed E-state index contributed by atoms with van der Waals surface area (Å²) in [5.41, 5.74) is -0.831. The first-order valence-electron chi connectivity index (χ1n) is 4.09. The molecule has 1 unspecified atom stereocenters. The van der Waals surface area contributed by atoms with Crippen LogP contribution in [0.5, 0.6) is 0 Å². The summed E-state index contributed by atoms with van der Waals surface area (Å²) in [6.45, 7) is 0. The molecule has 1 aliphatic heterocycles. The summed E-state index contributed by atoms with van der Waals surface area (Å²) in [5, 5.41) is 11.4. The van der Waals surface area contributed by atoms with E-state index in [1.165, 1.54) is 0 Å². The van der Waals surface area contributed by atoms with Gasteiger partial charge in [-0.3, -0.25) is 4.79 Å². The summed E-state index contributed by atoms with van der Waals surface area (Å²) in [5.74, 6) is -0.564. The molecule has 0 aromatic heterocycles. The number of nitrogens with one attached hydrogen (secondary N) is 1. The minimum Gasteiger partial charge on any atom is -0.369 e. The van der Waals surface area contributed by atoms with Gasteiger partial charge < -0.3 is 10.4 Å². The van der Waals surface area contributed by atoms with Gasteiger partial charge in [-0.15, -0.1) is 0 Å². The summed E-state index contributed by atoms with van der Waals surface area (Å²) in [4.78, 5) is 11.1. The van der Waals surface area contributed by atoms with Crippen LogP contribution in [0.3, 0.4) is 0 Å². The van der Waals surface area contributed by atoms with Gasteiger partial charge in [-0.25, -0.2) is 0 Å². The van der Waals surface area contributed by atoms with Crippen LogP contribution in [0.1, 0.15) is 27.7 Å². The normalized spacial score (nSPS) is 20.0. The maximum atomic E-state index is 12.3. The van der Waals surface area contributed by atoms with Gasteiger partial charge >= 0.3 is 6.18 Å². The van der Waals surface area contributed by atoms with Crippen molar-refractivity contribution in [2.24, 2.45) is 0 Å². The highest BCUT2D eigenvalue weighted by Crippen LogP contribution is 2.33. The van der Waals surface area contributed by atoms with Crippen LogP contribution in [-0.4, -0.2) is 11.0 Å². The highest BCUT2D eigenvalue weighted by atomic mass is 19.4. The smallest absolute Gasteiger partial charge is 0.369 e. The lowest BCUT2D eigenvalue weighted by Crippen LogP contribution is -2.18. The third-order valence-corrected chi connectivity index (χ3v) is 2.19. The van der Waals surface area contributed by atoms with E-state index >= 15 is 0 Å². The number of carbonyl (C=O) groups excluding carboxylic acids is 1. The number of hydrogen-bond donors (Lipinski definition) is 2. The largest absolute Gasteiger partial charge is 0.416 e. The fourth-order valence-corrected chi connectivity index (χ4v) is 1.45. The predicted molar refractivity (Wildman–Crippen MR) is 43.9 cm³/mol. The predicted octanol–water partition coefficient (Wildman–Crippen LogP) is 1.44. The molecule has 1 heterocycles. The van der Waals surface area contributed by atoms with Gasteiger partial charge in [0.1, 0.15) is 0 Å². The van der Waals surface area contributed by atoms with Crippen molar-refractivity contribution in [2.45, 2.75) is 12.4 Å². The van der Waals surface area contributed by atoms with Gasteiger partial charge in [0.2, 0.25) is 0 Å². The summed E-state index contributed by atoms with van der Waals surface area (Å²) < 4.78 is 36.9. The molecule has 0 bridgehead atoms. The Balaban J connectivity index is 2.52. The highest BCUT2D eigenvalue weighted by molar-refractivity contribution is 5.98. The number of amides is 1. The van der Waals surface area contributed by atoms with E-state index in [4.69, 9.17) is 0 Å². The molecule has 0 saturated heterocycles. The Morgan fingerprint density at radius 2 is 2.00 bits per heavy atom. The van der Waals surface area contributed by atoms with E-state index in [1.54, 1.807) is 0 Å². The molecule has 0 fully saturated rings. The molecular weight excluding hydrogens is 211 g/mol. The van der Waals surface area contributed by atoms with Gasteiger partial charge in [0, 0.05) is 11.1 Å². The Hall–Kier alpha value is -1.56. The molecule has 3 nitrogen and oxygen atoms in total. The molecule has 0 aliphatic carbocycles. The Kier molecular flexibility index (Phi) is 1.97.